The van der Waals surface area contributed by atoms with Crippen molar-refractivity contribution >= 4 is 22.8 Å². The lowest BCUT2D eigenvalue weighted by molar-refractivity contribution is -0.139. The molecule has 2 aromatic heterocycles. The number of carbonyl (C=O) groups is 2. The molecule has 3 fully saturated rings. The van der Waals surface area contributed by atoms with Gasteiger partial charge in [0.05, 0.1) is 10.9 Å². The van der Waals surface area contributed by atoms with E-state index < -0.39 is 11.2 Å². The third-order valence-electron chi connectivity index (χ3n) is 6.84. The van der Waals surface area contributed by atoms with Crippen LogP contribution >= 0.6 is 0 Å². The number of nitrogens with zero attached hydrogens (tertiary/aromatic N) is 4. The first-order valence-corrected chi connectivity index (χ1v) is 11.2. The van der Waals surface area contributed by atoms with Gasteiger partial charge in [0, 0.05) is 50.3 Å². The molecular weight excluding hydrogens is 398 g/mol. The van der Waals surface area contributed by atoms with Crippen LogP contribution in [0.25, 0.3) is 11.0 Å². The maximum absolute atomic E-state index is 13.5. The largest absolute Gasteiger partial charge is 0.339 e. The van der Waals surface area contributed by atoms with Crippen molar-refractivity contribution in [3.05, 3.63) is 38.2 Å². The number of fused-ring (bicyclic) bond motifs is 1. The van der Waals surface area contributed by atoms with E-state index in [2.05, 4.69) is 9.97 Å². The molecule has 0 spiro atoms. The Labute approximate surface area is 179 Å². The molecule has 164 valence electrons. The van der Waals surface area contributed by atoms with Gasteiger partial charge in [-0.25, -0.2) is 9.78 Å². The molecule has 9 heteroatoms. The van der Waals surface area contributed by atoms with Crippen molar-refractivity contribution in [1.82, 2.24) is 24.3 Å². The van der Waals surface area contributed by atoms with Gasteiger partial charge in [0.1, 0.15) is 0 Å². The fourth-order valence-corrected chi connectivity index (χ4v) is 4.56. The summed E-state index contributed by atoms with van der Waals surface area (Å²) in [6, 6.07) is 1.73. The van der Waals surface area contributed by atoms with Gasteiger partial charge in [0.25, 0.3) is 11.5 Å². The van der Waals surface area contributed by atoms with E-state index in [-0.39, 0.29) is 34.7 Å². The number of piperazine rings is 1. The Balaban J connectivity index is 1.48. The standard InChI is InChI=1S/C22H27N5O4/c1-2-27-18-17(19(28)24-22(27)31)15(12-16(23-18)13-6-7-13)21(30)26-10-8-25(9-11-26)20(29)14-4-3-5-14/h12-14H,2-11H2,1H3,(H,24,28,31). The highest BCUT2D eigenvalue weighted by atomic mass is 16.2. The smallest absolute Gasteiger partial charge is 0.329 e. The van der Waals surface area contributed by atoms with Crippen molar-refractivity contribution in [2.75, 3.05) is 26.2 Å². The second kappa shape index (κ2) is 7.62. The quantitative estimate of drug-likeness (QED) is 0.788. The first-order valence-electron chi connectivity index (χ1n) is 11.2. The van der Waals surface area contributed by atoms with Crippen molar-refractivity contribution < 1.29 is 9.59 Å². The lowest BCUT2D eigenvalue weighted by Gasteiger charge is -2.38. The second-order valence-electron chi connectivity index (χ2n) is 8.82. The Hall–Kier alpha value is -2.97. The lowest BCUT2D eigenvalue weighted by Crippen LogP contribution is -2.52. The first kappa shape index (κ1) is 20.0. The summed E-state index contributed by atoms with van der Waals surface area (Å²) in [5, 5.41) is 0.170. The molecule has 0 aromatic carbocycles. The molecular formula is C22H27N5O4. The summed E-state index contributed by atoms with van der Waals surface area (Å²) in [4.78, 5) is 61.5. The highest BCUT2D eigenvalue weighted by Gasteiger charge is 2.34. The normalized spacial score (nSPS) is 19.5. The van der Waals surface area contributed by atoms with E-state index in [1.807, 2.05) is 11.8 Å². The van der Waals surface area contributed by atoms with Crippen molar-refractivity contribution in [3.63, 3.8) is 0 Å². The van der Waals surface area contributed by atoms with Crippen LogP contribution in [0.2, 0.25) is 0 Å². The Morgan fingerprint density at radius 3 is 2.32 bits per heavy atom. The predicted molar refractivity (Wildman–Crippen MR) is 114 cm³/mol. The first-order chi connectivity index (χ1) is 15.0. The van der Waals surface area contributed by atoms with Crippen molar-refractivity contribution in [2.45, 2.75) is 51.5 Å². The topological polar surface area (TPSA) is 108 Å². The van der Waals surface area contributed by atoms with Crippen LogP contribution in [0.4, 0.5) is 0 Å². The summed E-state index contributed by atoms with van der Waals surface area (Å²) in [6.45, 7) is 4.05. The van der Waals surface area contributed by atoms with Gasteiger partial charge in [-0.3, -0.25) is 23.9 Å². The van der Waals surface area contributed by atoms with E-state index in [9.17, 15) is 19.2 Å². The molecule has 0 unspecified atom stereocenters. The SMILES string of the molecule is CCn1c(=O)[nH]c(=O)c2c(C(=O)N3CCN(C(=O)C4CCC4)CC3)cc(C3CC3)nc21. The molecule has 1 N–H and O–H groups in total. The Morgan fingerprint density at radius 2 is 1.74 bits per heavy atom. The van der Waals surface area contributed by atoms with Gasteiger partial charge in [0.15, 0.2) is 5.65 Å². The minimum Gasteiger partial charge on any atom is -0.339 e. The number of aromatic nitrogens is 3. The van der Waals surface area contributed by atoms with Crippen LogP contribution in [-0.4, -0.2) is 62.3 Å². The van der Waals surface area contributed by atoms with Crippen LogP contribution in [0, 0.1) is 5.92 Å². The Morgan fingerprint density at radius 1 is 1.06 bits per heavy atom. The van der Waals surface area contributed by atoms with E-state index in [4.69, 9.17) is 0 Å². The summed E-state index contributed by atoms with van der Waals surface area (Å²) >= 11 is 0. The van der Waals surface area contributed by atoms with E-state index in [0.717, 1.165) is 37.8 Å². The average Bonchev–Trinajstić information content (AvgIpc) is 3.57. The Bertz CT molecular complexity index is 1170. The number of hydrogen-bond donors (Lipinski definition) is 1. The lowest BCUT2D eigenvalue weighted by atomic mass is 9.84. The number of rotatable bonds is 4. The number of aromatic amines is 1. The number of hydrogen-bond acceptors (Lipinski definition) is 5. The molecule has 2 aliphatic carbocycles. The van der Waals surface area contributed by atoms with Crippen LogP contribution in [0.3, 0.4) is 0 Å². The molecule has 0 bridgehead atoms. The molecule has 9 nitrogen and oxygen atoms in total. The molecule has 31 heavy (non-hydrogen) atoms. The fraction of sp³-hybridized carbons (Fsp3) is 0.591. The number of pyridine rings is 1. The molecule has 0 radical (unpaired) electrons. The summed E-state index contributed by atoms with van der Waals surface area (Å²) < 4.78 is 1.41. The molecule has 2 saturated carbocycles. The number of carbonyl (C=O) groups excluding carboxylic acids is 2. The van der Waals surface area contributed by atoms with Crippen molar-refractivity contribution in [3.8, 4) is 0 Å². The molecule has 1 aliphatic heterocycles. The van der Waals surface area contributed by atoms with Crippen LogP contribution in [0.5, 0.6) is 0 Å². The van der Waals surface area contributed by atoms with Gasteiger partial charge in [-0.2, -0.15) is 0 Å². The maximum atomic E-state index is 13.5. The number of nitrogens with one attached hydrogen (secondary N) is 1. The van der Waals surface area contributed by atoms with Gasteiger partial charge in [-0.15, -0.1) is 0 Å². The molecule has 2 aromatic rings. The number of H-pyrrole nitrogens is 1. The van der Waals surface area contributed by atoms with Crippen LogP contribution in [0.15, 0.2) is 15.7 Å². The van der Waals surface area contributed by atoms with Gasteiger partial charge < -0.3 is 9.80 Å². The molecule has 3 aliphatic rings. The molecule has 0 atom stereocenters. The number of amides is 2. The Kier molecular flexibility index (Phi) is 4.91. The highest BCUT2D eigenvalue weighted by molar-refractivity contribution is 6.05. The van der Waals surface area contributed by atoms with Crippen LogP contribution in [-0.2, 0) is 11.3 Å². The second-order valence-corrected chi connectivity index (χ2v) is 8.82. The highest BCUT2D eigenvalue weighted by Crippen LogP contribution is 2.40. The van der Waals surface area contributed by atoms with Crippen LogP contribution in [0.1, 0.15) is 61.0 Å². The van der Waals surface area contributed by atoms with Crippen LogP contribution < -0.4 is 11.2 Å². The summed E-state index contributed by atoms with van der Waals surface area (Å²) in [6.07, 6.45) is 5.03. The molecule has 2 amide bonds. The minimum atomic E-state index is -0.582. The third kappa shape index (κ3) is 3.45. The maximum Gasteiger partial charge on any atom is 0.329 e. The number of aryl methyl sites for hydroxylation is 1. The zero-order valence-electron chi connectivity index (χ0n) is 17.7. The fourth-order valence-electron chi connectivity index (χ4n) is 4.56. The van der Waals surface area contributed by atoms with E-state index in [1.165, 1.54) is 4.57 Å². The minimum absolute atomic E-state index is 0.150. The predicted octanol–water partition coefficient (Wildman–Crippen LogP) is 1.07. The summed E-state index contributed by atoms with van der Waals surface area (Å²) in [7, 11) is 0. The van der Waals surface area contributed by atoms with E-state index in [0.29, 0.717) is 38.3 Å². The van der Waals surface area contributed by atoms with Gasteiger partial charge in [0.2, 0.25) is 5.91 Å². The third-order valence-corrected chi connectivity index (χ3v) is 6.84. The zero-order valence-corrected chi connectivity index (χ0v) is 17.7. The van der Waals surface area contributed by atoms with Gasteiger partial charge in [-0.1, -0.05) is 6.42 Å². The van der Waals surface area contributed by atoms with E-state index >= 15 is 0 Å². The summed E-state index contributed by atoms with van der Waals surface area (Å²) in [5.41, 5.74) is 0.252. The van der Waals surface area contributed by atoms with Gasteiger partial charge in [-0.05, 0) is 38.7 Å². The molecule has 5 rings (SSSR count). The monoisotopic (exact) mass is 425 g/mol. The average molecular weight is 425 g/mol. The summed E-state index contributed by atoms with van der Waals surface area (Å²) in [5.74, 6) is 0.383. The molecule has 3 heterocycles. The zero-order chi connectivity index (χ0) is 21.7. The molecule has 1 saturated heterocycles. The van der Waals surface area contributed by atoms with Crippen molar-refractivity contribution in [1.29, 1.82) is 0 Å². The van der Waals surface area contributed by atoms with Crippen molar-refractivity contribution in [2.24, 2.45) is 5.92 Å². The van der Waals surface area contributed by atoms with E-state index in [1.54, 1.807) is 11.0 Å². The van der Waals surface area contributed by atoms with Gasteiger partial charge >= 0.3 is 5.69 Å².